The van der Waals surface area contributed by atoms with Crippen LogP contribution in [0.15, 0.2) is 77.2 Å². The number of aryl methyl sites for hydroxylation is 1. The molecule has 0 fully saturated rings. The Morgan fingerprint density at radius 1 is 0.929 bits per heavy atom. The maximum Gasteiger partial charge on any atom is 0.303 e. The lowest BCUT2D eigenvalue weighted by atomic mass is 10.1. The highest BCUT2D eigenvalue weighted by Gasteiger charge is 2.09. The van der Waals surface area contributed by atoms with E-state index in [0.717, 1.165) is 27.9 Å². The molecule has 0 amide bonds. The summed E-state index contributed by atoms with van der Waals surface area (Å²) >= 11 is 5.90. The molecule has 140 valence electrons. The van der Waals surface area contributed by atoms with E-state index in [4.69, 9.17) is 25.9 Å². The first-order valence-corrected chi connectivity index (χ1v) is 9.23. The lowest BCUT2D eigenvalue weighted by Crippen LogP contribution is -1.97. The second kappa shape index (κ2) is 7.79. The third kappa shape index (κ3) is 4.18. The first-order valence-electron chi connectivity index (χ1n) is 8.85. The van der Waals surface area contributed by atoms with Crippen molar-refractivity contribution >= 4 is 28.5 Å². The number of furan rings is 1. The fourth-order valence-corrected chi connectivity index (χ4v) is 3.08. The number of carbonyl (C=O) groups is 1. The van der Waals surface area contributed by atoms with Gasteiger partial charge in [-0.25, -0.2) is 0 Å². The summed E-state index contributed by atoms with van der Waals surface area (Å²) in [6.45, 7) is 0. The zero-order valence-electron chi connectivity index (χ0n) is 14.9. The Hall–Kier alpha value is -3.24. The van der Waals surface area contributed by atoms with Crippen molar-refractivity contribution in [1.82, 2.24) is 0 Å². The number of halogens is 1. The zero-order valence-corrected chi connectivity index (χ0v) is 15.6. The maximum atomic E-state index is 10.7. The van der Waals surface area contributed by atoms with Gasteiger partial charge >= 0.3 is 5.97 Å². The van der Waals surface area contributed by atoms with Crippen LogP contribution in [0.2, 0.25) is 5.02 Å². The Bertz CT molecular complexity index is 1110. The van der Waals surface area contributed by atoms with E-state index >= 15 is 0 Å². The highest BCUT2D eigenvalue weighted by atomic mass is 35.5. The highest BCUT2D eigenvalue weighted by molar-refractivity contribution is 6.30. The van der Waals surface area contributed by atoms with Crippen molar-refractivity contribution in [3.05, 3.63) is 83.4 Å². The molecule has 4 aromatic rings. The van der Waals surface area contributed by atoms with Crippen molar-refractivity contribution in [2.24, 2.45) is 0 Å². The van der Waals surface area contributed by atoms with Gasteiger partial charge in [0.15, 0.2) is 0 Å². The van der Waals surface area contributed by atoms with Crippen LogP contribution in [0.5, 0.6) is 11.5 Å². The van der Waals surface area contributed by atoms with Gasteiger partial charge in [0, 0.05) is 22.4 Å². The van der Waals surface area contributed by atoms with Crippen LogP contribution < -0.4 is 4.74 Å². The topological polar surface area (TPSA) is 59.7 Å². The maximum absolute atomic E-state index is 10.7. The van der Waals surface area contributed by atoms with Gasteiger partial charge in [-0.1, -0.05) is 35.9 Å². The molecule has 5 heteroatoms. The van der Waals surface area contributed by atoms with E-state index in [1.807, 2.05) is 60.7 Å². The van der Waals surface area contributed by atoms with E-state index in [-0.39, 0.29) is 6.42 Å². The van der Waals surface area contributed by atoms with E-state index in [2.05, 4.69) is 0 Å². The summed E-state index contributed by atoms with van der Waals surface area (Å²) in [5.41, 5.74) is 2.70. The summed E-state index contributed by atoms with van der Waals surface area (Å²) in [6, 6.07) is 22.6. The highest BCUT2D eigenvalue weighted by Crippen LogP contribution is 2.32. The fourth-order valence-electron chi connectivity index (χ4n) is 2.95. The first-order chi connectivity index (χ1) is 13.6. The molecule has 0 saturated heterocycles. The van der Waals surface area contributed by atoms with Crippen LogP contribution in [-0.2, 0) is 11.2 Å². The van der Waals surface area contributed by atoms with Crippen molar-refractivity contribution in [2.45, 2.75) is 12.8 Å². The number of hydrogen-bond donors (Lipinski definition) is 1. The molecule has 1 heterocycles. The van der Waals surface area contributed by atoms with Gasteiger partial charge in [-0.3, -0.25) is 4.79 Å². The fraction of sp³-hybridized carbons (Fsp3) is 0.0870. The smallest absolute Gasteiger partial charge is 0.303 e. The predicted molar refractivity (Wildman–Crippen MR) is 109 cm³/mol. The van der Waals surface area contributed by atoms with Gasteiger partial charge < -0.3 is 14.3 Å². The van der Waals surface area contributed by atoms with E-state index < -0.39 is 5.97 Å². The molecule has 0 atom stereocenters. The molecule has 1 aromatic heterocycles. The molecule has 0 bridgehead atoms. The average molecular weight is 393 g/mol. The quantitative estimate of drug-likeness (QED) is 0.403. The van der Waals surface area contributed by atoms with Gasteiger partial charge in [0.05, 0.1) is 0 Å². The number of carboxylic acid groups (broad SMARTS) is 1. The van der Waals surface area contributed by atoms with Crippen molar-refractivity contribution in [3.8, 4) is 22.8 Å². The Labute approximate surface area is 166 Å². The van der Waals surface area contributed by atoms with Crippen molar-refractivity contribution in [2.75, 3.05) is 0 Å². The van der Waals surface area contributed by atoms with Crippen LogP contribution in [0.1, 0.15) is 12.0 Å². The minimum absolute atomic E-state index is 0.125. The number of carboxylic acids is 1. The molecule has 0 aliphatic carbocycles. The Kier molecular flexibility index (Phi) is 5.04. The van der Waals surface area contributed by atoms with Crippen LogP contribution in [0, 0.1) is 0 Å². The number of benzene rings is 3. The second-order valence-electron chi connectivity index (χ2n) is 6.46. The van der Waals surface area contributed by atoms with Gasteiger partial charge in [0.1, 0.15) is 22.8 Å². The molecular formula is C23H17ClO4. The van der Waals surface area contributed by atoms with Crippen molar-refractivity contribution < 1.29 is 19.1 Å². The van der Waals surface area contributed by atoms with Gasteiger partial charge in [-0.2, -0.15) is 0 Å². The number of aliphatic carboxylic acids is 1. The summed E-state index contributed by atoms with van der Waals surface area (Å²) < 4.78 is 11.8. The molecule has 1 N–H and O–H groups in total. The summed E-state index contributed by atoms with van der Waals surface area (Å²) in [7, 11) is 0. The molecule has 0 radical (unpaired) electrons. The first kappa shape index (κ1) is 18.1. The lowest BCUT2D eigenvalue weighted by molar-refractivity contribution is -0.136. The van der Waals surface area contributed by atoms with Crippen molar-refractivity contribution in [3.63, 3.8) is 0 Å². The molecule has 3 aromatic carbocycles. The summed E-state index contributed by atoms with van der Waals surface area (Å²) in [5.74, 6) is 1.39. The molecule has 4 rings (SSSR count). The minimum Gasteiger partial charge on any atom is -0.481 e. The van der Waals surface area contributed by atoms with Crippen LogP contribution in [0.3, 0.4) is 0 Å². The molecule has 28 heavy (non-hydrogen) atoms. The van der Waals surface area contributed by atoms with Gasteiger partial charge in [-0.15, -0.1) is 0 Å². The SMILES string of the molecule is O=C(O)CCc1ccc(-c2cc3cc(Oc4ccc(Cl)cc4)ccc3o2)cc1. The monoisotopic (exact) mass is 392 g/mol. The molecule has 4 nitrogen and oxygen atoms in total. The Morgan fingerprint density at radius 3 is 2.36 bits per heavy atom. The van der Waals surface area contributed by atoms with Crippen LogP contribution in [0.4, 0.5) is 0 Å². The third-order valence-corrected chi connectivity index (χ3v) is 4.66. The molecule has 0 aliphatic rings. The van der Waals surface area contributed by atoms with E-state index in [1.165, 1.54) is 0 Å². The van der Waals surface area contributed by atoms with E-state index in [0.29, 0.717) is 22.9 Å². The standard InChI is InChI=1S/C23H17ClO4/c24-18-6-8-19(9-7-18)27-20-10-11-21-17(13-20)14-22(28-21)16-4-1-15(2-5-16)3-12-23(25)26/h1-2,4-11,13-14H,3,12H2,(H,25,26). The second-order valence-corrected chi connectivity index (χ2v) is 6.89. The van der Waals surface area contributed by atoms with Crippen LogP contribution in [0.25, 0.3) is 22.3 Å². The third-order valence-electron chi connectivity index (χ3n) is 4.40. The lowest BCUT2D eigenvalue weighted by Gasteiger charge is -2.05. The molecule has 0 spiro atoms. The molecule has 0 saturated carbocycles. The van der Waals surface area contributed by atoms with Gasteiger partial charge in [0.2, 0.25) is 0 Å². The Balaban J connectivity index is 1.54. The summed E-state index contributed by atoms with van der Waals surface area (Å²) in [5, 5.41) is 10.4. The molecule has 0 aliphatic heterocycles. The summed E-state index contributed by atoms with van der Waals surface area (Å²) in [6.07, 6.45) is 0.640. The number of hydrogen-bond acceptors (Lipinski definition) is 3. The normalized spacial score (nSPS) is 10.9. The zero-order chi connectivity index (χ0) is 19.5. The average Bonchev–Trinajstić information content (AvgIpc) is 3.12. The largest absolute Gasteiger partial charge is 0.481 e. The minimum atomic E-state index is -0.794. The molecule has 0 unspecified atom stereocenters. The summed E-state index contributed by atoms with van der Waals surface area (Å²) in [4.78, 5) is 10.7. The van der Waals surface area contributed by atoms with Gasteiger partial charge in [0.25, 0.3) is 0 Å². The van der Waals surface area contributed by atoms with Crippen LogP contribution >= 0.6 is 11.6 Å². The Morgan fingerprint density at radius 2 is 1.64 bits per heavy atom. The number of fused-ring (bicyclic) bond motifs is 1. The van der Waals surface area contributed by atoms with E-state index in [1.54, 1.807) is 12.1 Å². The van der Waals surface area contributed by atoms with E-state index in [9.17, 15) is 4.79 Å². The number of rotatable bonds is 6. The number of ether oxygens (including phenoxy) is 1. The predicted octanol–water partition coefficient (Wildman–Crippen LogP) is 6.56. The van der Waals surface area contributed by atoms with Crippen molar-refractivity contribution in [1.29, 1.82) is 0 Å². The molecular weight excluding hydrogens is 376 g/mol. The van der Waals surface area contributed by atoms with Gasteiger partial charge in [-0.05, 0) is 60.5 Å². The van der Waals surface area contributed by atoms with Crippen LogP contribution in [-0.4, -0.2) is 11.1 Å².